The van der Waals surface area contributed by atoms with Gasteiger partial charge in [-0.1, -0.05) is 6.07 Å². The van der Waals surface area contributed by atoms with Crippen LogP contribution in [0.4, 0.5) is 24.5 Å². The van der Waals surface area contributed by atoms with Crippen molar-refractivity contribution in [2.45, 2.75) is 33.4 Å². The van der Waals surface area contributed by atoms with Crippen LogP contribution in [0.15, 0.2) is 42.5 Å². The monoisotopic (exact) mass is 378 g/mol. The zero-order valence-electron chi connectivity index (χ0n) is 15.4. The average Bonchev–Trinajstić information content (AvgIpc) is 2.57. The maximum Gasteiger partial charge on any atom is 0.416 e. The van der Waals surface area contributed by atoms with Crippen LogP contribution in [0.3, 0.4) is 0 Å². The minimum atomic E-state index is -4.42. The first-order valence-corrected chi connectivity index (χ1v) is 8.40. The Bertz CT molecular complexity index is 830. The van der Waals surface area contributed by atoms with Gasteiger partial charge < -0.3 is 10.2 Å². The molecule has 1 N–H and O–H groups in total. The summed E-state index contributed by atoms with van der Waals surface area (Å²) in [6.07, 6.45) is -4.40. The highest BCUT2D eigenvalue weighted by atomic mass is 19.4. The van der Waals surface area contributed by atoms with Crippen molar-refractivity contribution in [2.24, 2.45) is 0 Å². The van der Waals surface area contributed by atoms with E-state index in [2.05, 4.69) is 5.32 Å². The van der Waals surface area contributed by atoms with E-state index in [1.807, 2.05) is 32.0 Å². The third-order valence-corrected chi connectivity index (χ3v) is 4.24. The van der Waals surface area contributed by atoms with Crippen molar-refractivity contribution in [1.29, 1.82) is 0 Å². The first-order chi connectivity index (χ1) is 12.6. The standard InChI is InChI=1S/C20H21F3N2O2/c1-13-4-9-18(12-14(13)2)25(15(3)26)11-10-19(27)24-17-7-5-16(6-8-17)20(21,22)23/h4-9,12H,10-11H2,1-3H3,(H,24,27). The largest absolute Gasteiger partial charge is 0.416 e. The van der Waals surface area contributed by atoms with Crippen molar-refractivity contribution in [2.75, 3.05) is 16.8 Å². The summed E-state index contributed by atoms with van der Waals surface area (Å²) < 4.78 is 37.7. The molecule has 0 aliphatic heterocycles. The van der Waals surface area contributed by atoms with Crippen LogP contribution in [-0.4, -0.2) is 18.4 Å². The quantitative estimate of drug-likeness (QED) is 0.820. The van der Waals surface area contributed by atoms with E-state index >= 15 is 0 Å². The number of benzene rings is 2. The van der Waals surface area contributed by atoms with Gasteiger partial charge in [-0.05, 0) is 61.4 Å². The summed E-state index contributed by atoms with van der Waals surface area (Å²) in [7, 11) is 0. The van der Waals surface area contributed by atoms with Gasteiger partial charge in [0, 0.05) is 31.3 Å². The molecule has 0 unspecified atom stereocenters. The smallest absolute Gasteiger partial charge is 0.326 e. The van der Waals surface area contributed by atoms with Gasteiger partial charge in [0.15, 0.2) is 0 Å². The molecule has 0 aromatic heterocycles. The molecule has 0 heterocycles. The summed E-state index contributed by atoms with van der Waals surface area (Å²) in [4.78, 5) is 25.5. The summed E-state index contributed by atoms with van der Waals surface area (Å²) in [5, 5.41) is 2.54. The van der Waals surface area contributed by atoms with Crippen LogP contribution in [0.25, 0.3) is 0 Å². The molecule has 0 saturated carbocycles. The molecule has 2 aromatic rings. The van der Waals surface area contributed by atoms with E-state index in [-0.39, 0.29) is 30.5 Å². The Balaban J connectivity index is 1.99. The predicted octanol–water partition coefficient (Wildman–Crippen LogP) is 4.70. The van der Waals surface area contributed by atoms with Gasteiger partial charge in [0.25, 0.3) is 0 Å². The van der Waals surface area contributed by atoms with Crippen LogP contribution in [0.5, 0.6) is 0 Å². The first-order valence-electron chi connectivity index (χ1n) is 8.40. The zero-order chi connectivity index (χ0) is 20.2. The predicted molar refractivity (Wildman–Crippen MR) is 98.6 cm³/mol. The van der Waals surface area contributed by atoms with E-state index in [9.17, 15) is 22.8 Å². The lowest BCUT2D eigenvalue weighted by Gasteiger charge is -2.22. The molecule has 0 spiro atoms. The minimum Gasteiger partial charge on any atom is -0.326 e. The van der Waals surface area contributed by atoms with E-state index < -0.39 is 11.7 Å². The second kappa shape index (κ2) is 8.24. The van der Waals surface area contributed by atoms with Gasteiger partial charge in [-0.25, -0.2) is 0 Å². The topological polar surface area (TPSA) is 49.4 Å². The second-order valence-electron chi connectivity index (χ2n) is 6.31. The molecule has 0 fully saturated rings. The third-order valence-electron chi connectivity index (χ3n) is 4.24. The van der Waals surface area contributed by atoms with Crippen molar-refractivity contribution in [1.82, 2.24) is 0 Å². The Labute approximate surface area is 156 Å². The number of aryl methyl sites for hydroxylation is 2. The van der Waals surface area contributed by atoms with Crippen molar-refractivity contribution in [3.05, 3.63) is 59.2 Å². The van der Waals surface area contributed by atoms with Crippen LogP contribution in [0.2, 0.25) is 0 Å². The maximum absolute atomic E-state index is 12.6. The molecule has 7 heteroatoms. The number of rotatable bonds is 5. The highest BCUT2D eigenvalue weighted by Crippen LogP contribution is 2.29. The molecule has 0 radical (unpaired) electrons. The van der Waals surface area contributed by atoms with Crippen LogP contribution in [0, 0.1) is 13.8 Å². The van der Waals surface area contributed by atoms with Gasteiger partial charge in [0.2, 0.25) is 11.8 Å². The van der Waals surface area contributed by atoms with Gasteiger partial charge in [-0.2, -0.15) is 13.2 Å². The summed E-state index contributed by atoms with van der Waals surface area (Å²) in [5.74, 6) is -0.578. The molecule has 2 rings (SSSR count). The maximum atomic E-state index is 12.6. The number of carbonyl (C=O) groups is 2. The summed E-state index contributed by atoms with van der Waals surface area (Å²) in [6, 6.07) is 9.82. The van der Waals surface area contributed by atoms with E-state index in [1.165, 1.54) is 24.0 Å². The van der Waals surface area contributed by atoms with Crippen LogP contribution in [-0.2, 0) is 15.8 Å². The minimum absolute atomic E-state index is 0.0214. The Morgan fingerprint density at radius 2 is 1.63 bits per heavy atom. The molecule has 2 amide bonds. The molecule has 0 bridgehead atoms. The number of nitrogens with zero attached hydrogens (tertiary/aromatic N) is 1. The van der Waals surface area contributed by atoms with Crippen LogP contribution >= 0.6 is 0 Å². The zero-order valence-corrected chi connectivity index (χ0v) is 15.4. The fourth-order valence-corrected chi connectivity index (χ4v) is 2.54. The lowest BCUT2D eigenvalue weighted by Crippen LogP contribution is -2.32. The molecule has 144 valence electrons. The van der Waals surface area contributed by atoms with E-state index in [1.54, 1.807) is 0 Å². The molecule has 4 nitrogen and oxygen atoms in total. The Morgan fingerprint density at radius 3 is 2.15 bits per heavy atom. The number of carbonyl (C=O) groups excluding carboxylic acids is 2. The van der Waals surface area contributed by atoms with Crippen LogP contribution in [0.1, 0.15) is 30.0 Å². The summed E-state index contributed by atoms with van der Waals surface area (Å²) in [6.45, 7) is 5.50. The molecule has 2 aromatic carbocycles. The number of anilines is 2. The molecular weight excluding hydrogens is 357 g/mol. The van der Waals surface area contributed by atoms with Gasteiger partial charge >= 0.3 is 6.18 Å². The van der Waals surface area contributed by atoms with Crippen molar-refractivity contribution < 1.29 is 22.8 Å². The fraction of sp³-hybridized carbons (Fsp3) is 0.300. The molecule has 0 saturated heterocycles. The average molecular weight is 378 g/mol. The van der Waals surface area contributed by atoms with Crippen molar-refractivity contribution in [3.63, 3.8) is 0 Å². The number of alkyl halides is 3. The number of hydrogen-bond acceptors (Lipinski definition) is 2. The van der Waals surface area contributed by atoms with Gasteiger partial charge in [-0.3, -0.25) is 9.59 Å². The van der Waals surface area contributed by atoms with E-state index in [0.717, 1.165) is 23.3 Å². The van der Waals surface area contributed by atoms with Crippen molar-refractivity contribution >= 4 is 23.2 Å². The SMILES string of the molecule is CC(=O)N(CCC(=O)Nc1ccc(C(F)(F)F)cc1)c1ccc(C)c(C)c1. The number of amides is 2. The lowest BCUT2D eigenvalue weighted by atomic mass is 10.1. The van der Waals surface area contributed by atoms with Gasteiger partial charge in [-0.15, -0.1) is 0 Å². The molecule has 27 heavy (non-hydrogen) atoms. The highest BCUT2D eigenvalue weighted by Gasteiger charge is 2.30. The second-order valence-corrected chi connectivity index (χ2v) is 6.31. The number of hydrogen-bond donors (Lipinski definition) is 1. The Hall–Kier alpha value is -2.83. The fourth-order valence-electron chi connectivity index (χ4n) is 2.54. The molecule has 0 aliphatic carbocycles. The summed E-state index contributed by atoms with van der Waals surface area (Å²) in [5.41, 5.74) is 2.33. The lowest BCUT2D eigenvalue weighted by molar-refractivity contribution is -0.137. The third kappa shape index (κ3) is 5.57. The Kier molecular flexibility index (Phi) is 6.25. The summed E-state index contributed by atoms with van der Waals surface area (Å²) >= 11 is 0. The molecule has 0 atom stereocenters. The van der Waals surface area contributed by atoms with Gasteiger partial charge in [0.05, 0.1) is 5.56 Å². The van der Waals surface area contributed by atoms with E-state index in [0.29, 0.717) is 5.69 Å². The molecule has 0 aliphatic rings. The van der Waals surface area contributed by atoms with Crippen molar-refractivity contribution in [3.8, 4) is 0 Å². The molecular formula is C20H21F3N2O2. The van der Waals surface area contributed by atoms with E-state index in [4.69, 9.17) is 0 Å². The normalized spacial score (nSPS) is 11.2. The number of nitrogens with one attached hydrogen (secondary N) is 1. The van der Waals surface area contributed by atoms with Crippen LogP contribution < -0.4 is 10.2 Å². The number of halogens is 3. The van der Waals surface area contributed by atoms with Gasteiger partial charge in [0.1, 0.15) is 0 Å². The first kappa shape index (κ1) is 20.5. The Morgan fingerprint density at radius 1 is 1.00 bits per heavy atom. The highest BCUT2D eigenvalue weighted by molar-refractivity contribution is 5.94.